The summed E-state index contributed by atoms with van der Waals surface area (Å²) in [4.78, 5) is 16.3. The van der Waals surface area contributed by atoms with Crippen LogP contribution in [0, 0.1) is 0 Å². The molecule has 1 fully saturated rings. The highest BCUT2D eigenvalue weighted by Gasteiger charge is 2.20. The zero-order chi connectivity index (χ0) is 13.8. The lowest BCUT2D eigenvalue weighted by Crippen LogP contribution is -2.45. The molecule has 0 radical (unpaired) electrons. The number of hydrogen-bond acceptors (Lipinski definition) is 4. The van der Waals surface area contributed by atoms with Crippen LogP contribution in [0.1, 0.15) is 23.2 Å². The van der Waals surface area contributed by atoms with Crippen LogP contribution in [0.25, 0.3) is 11.3 Å². The van der Waals surface area contributed by atoms with Gasteiger partial charge in [0.15, 0.2) is 0 Å². The Bertz CT molecular complexity index is 574. The number of amides is 1. The van der Waals surface area contributed by atoms with Crippen LogP contribution in [0.5, 0.6) is 0 Å². The number of carbonyl (C=O) groups excluding carboxylic acids is 1. The van der Waals surface area contributed by atoms with Crippen LogP contribution in [0.4, 0.5) is 0 Å². The SMILES string of the molecule is O=C(N[C@H]1CCCNC1)c1cn[nH]c1-c1ccncc1. The summed E-state index contributed by atoms with van der Waals surface area (Å²) in [7, 11) is 0. The minimum atomic E-state index is -0.0840. The number of carbonyl (C=O) groups is 1. The van der Waals surface area contributed by atoms with Crippen molar-refractivity contribution in [3.8, 4) is 11.3 Å². The number of hydrogen-bond donors (Lipinski definition) is 3. The highest BCUT2D eigenvalue weighted by atomic mass is 16.1. The van der Waals surface area contributed by atoms with Gasteiger partial charge in [0.2, 0.25) is 0 Å². The molecule has 0 aromatic carbocycles. The molecule has 1 amide bonds. The molecule has 1 aliphatic heterocycles. The molecule has 1 aliphatic rings. The number of nitrogens with zero attached hydrogens (tertiary/aromatic N) is 2. The van der Waals surface area contributed by atoms with E-state index in [1.807, 2.05) is 12.1 Å². The van der Waals surface area contributed by atoms with E-state index >= 15 is 0 Å². The van der Waals surface area contributed by atoms with Gasteiger partial charge >= 0.3 is 0 Å². The molecule has 2 aromatic heterocycles. The third-order valence-electron chi connectivity index (χ3n) is 3.49. The summed E-state index contributed by atoms with van der Waals surface area (Å²) in [5.74, 6) is -0.0840. The van der Waals surface area contributed by atoms with Gasteiger partial charge in [-0.2, -0.15) is 5.10 Å². The summed E-state index contributed by atoms with van der Waals surface area (Å²) in [6.45, 7) is 1.86. The standard InChI is InChI=1S/C14H17N5O/c20-14(18-11-2-1-5-16-8-11)12-9-17-19-13(12)10-3-6-15-7-4-10/h3-4,6-7,9,11,16H,1-2,5,8H2,(H,17,19)(H,18,20)/t11-/m0/s1. The van der Waals surface area contributed by atoms with Crippen LogP contribution in [0.2, 0.25) is 0 Å². The minimum absolute atomic E-state index is 0.0840. The third-order valence-corrected chi connectivity index (χ3v) is 3.49. The Kier molecular flexibility index (Phi) is 3.73. The highest BCUT2D eigenvalue weighted by Crippen LogP contribution is 2.20. The van der Waals surface area contributed by atoms with E-state index in [1.54, 1.807) is 18.6 Å². The first-order chi connectivity index (χ1) is 9.84. The lowest BCUT2D eigenvalue weighted by molar-refractivity contribution is 0.0931. The summed E-state index contributed by atoms with van der Waals surface area (Å²) >= 11 is 0. The smallest absolute Gasteiger partial charge is 0.255 e. The number of H-pyrrole nitrogens is 1. The summed E-state index contributed by atoms with van der Waals surface area (Å²) in [5, 5.41) is 13.2. The molecular formula is C14H17N5O. The van der Waals surface area contributed by atoms with Gasteiger partial charge < -0.3 is 10.6 Å². The van der Waals surface area contributed by atoms with Crippen molar-refractivity contribution in [3.63, 3.8) is 0 Å². The normalized spacial score (nSPS) is 18.7. The summed E-state index contributed by atoms with van der Waals surface area (Å²) in [6, 6.07) is 3.90. The van der Waals surface area contributed by atoms with Crippen molar-refractivity contribution in [2.45, 2.75) is 18.9 Å². The van der Waals surface area contributed by atoms with E-state index in [0.29, 0.717) is 5.56 Å². The zero-order valence-electron chi connectivity index (χ0n) is 11.1. The number of rotatable bonds is 3. The Morgan fingerprint density at radius 3 is 2.95 bits per heavy atom. The predicted octanol–water partition coefficient (Wildman–Crippen LogP) is 0.953. The second-order valence-corrected chi connectivity index (χ2v) is 4.91. The second kappa shape index (κ2) is 5.83. The molecule has 0 spiro atoms. The van der Waals surface area contributed by atoms with Gasteiger partial charge in [-0.1, -0.05) is 0 Å². The van der Waals surface area contributed by atoms with Gasteiger partial charge in [-0.05, 0) is 31.5 Å². The Hall–Kier alpha value is -2.21. The van der Waals surface area contributed by atoms with Crippen molar-refractivity contribution in [1.82, 2.24) is 25.8 Å². The zero-order valence-corrected chi connectivity index (χ0v) is 11.1. The van der Waals surface area contributed by atoms with Crippen LogP contribution in [0.15, 0.2) is 30.7 Å². The molecule has 3 N–H and O–H groups in total. The molecule has 104 valence electrons. The monoisotopic (exact) mass is 271 g/mol. The molecule has 6 nitrogen and oxygen atoms in total. The van der Waals surface area contributed by atoms with E-state index in [9.17, 15) is 4.79 Å². The maximum atomic E-state index is 12.4. The molecule has 0 bridgehead atoms. The summed E-state index contributed by atoms with van der Waals surface area (Å²) < 4.78 is 0. The van der Waals surface area contributed by atoms with Gasteiger partial charge in [0.25, 0.3) is 5.91 Å². The first kappa shape index (κ1) is 12.8. The fourth-order valence-electron chi connectivity index (χ4n) is 2.44. The summed E-state index contributed by atoms with van der Waals surface area (Å²) in [6.07, 6.45) is 7.07. The van der Waals surface area contributed by atoms with Gasteiger partial charge in [-0.25, -0.2) is 0 Å². The van der Waals surface area contributed by atoms with E-state index in [4.69, 9.17) is 0 Å². The Balaban J connectivity index is 1.77. The second-order valence-electron chi connectivity index (χ2n) is 4.91. The van der Waals surface area contributed by atoms with Crippen molar-refractivity contribution in [3.05, 3.63) is 36.3 Å². The Labute approximate surface area is 117 Å². The van der Waals surface area contributed by atoms with Gasteiger partial charge in [-0.3, -0.25) is 14.9 Å². The first-order valence-corrected chi connectivity index (χ1v) is 6.80. The van der Waals surface area contributed by atoms with Crippen LogP contribution >= 0.6 is 0 Å². The number of piperidine rings is 1. The lowest BCUT2D eigenvalue weighted by Gasteiger charge is -2.23. The summed E-state index contributed by atoms with van der Waals surface area (Å²) in [5.41, 5.74) is 2.21. The van der Waals surface area contributed by atoms with Crippen LogP contribution in [0.3, 0.4) is 0 Å². The Morgan fingerprint density at radius 2 is 2.20 bits per heavy atom. The Morgan fingerprint density at radius 1 is 1.35 bits per heavy atom. The van der Waals surface area contributed by atoms with Gasteiger partial charge in [-0.15, -0.1) is 0 Å². The van der Waals surface area contributed by atoms with E-state index in [0.717, 1.165) is 37.2 Å². The fraction of sp³-hybridized carbons (Fsp3) is 0.357. The minimum Gasteiger partial charge on any atom is -0.348 e. The molecule has 0 saturated carbocycles. The highest BCUT2D eigenvalue weighted by molar-refractivity contribution is 5.99. The molecule has 1 atom stereocenters. The van der Waals surface area contributed by atoms with Crippen molar-refractivity contribution < 1.29 is 4.79 Å². The molecule has 3 rings (SSSR count). The molecule has 0 unspecified atom stereocenters. The number of pyridine rings is 1. The molecule has 1 saturated heterocycles. The average Bonchev–Trinajstić information content (AvgIpc) is 2.99. The van der Waals surface area contributed by atoms with Crippen molar-refractivity contribution >= 4 is 5.91 Å². The van der Waals surface area contributed by atoms with E-state index < -0.39 is 0 Å². The molecular weight excluding hydrogens is 254 g/mol. The molecule has 6 heteroatoms. The topological polar surface area (TPSA) is 82.7 Å². The number of aromatic amines is 1. The first-order valence-electron chi connectivity index (χ1n) is 6.80. The van der Waals surface area contributed by atoms with Crippen molar-refractivity contribution in [1.29, 1.82) is 0 Å². The molecule has 0 aliphatic carbocycles. The predicted molar refractivity (Wildman–Crippen MR) is 75.2 cm³/mol. The molecule has 3 heterocycles. The van der Waals surface area contributed by atoms with Crippen molar-refractivity contribution in [2.24, 2.45) is 0 Å². The molecule has 2 aromatic rings. The fourth-order valence-corrected chi connectivity index (χ4v) is 2.44. The van der Waals surface area contributed by atoms with Gasteiger partial charge in [0.05, 0.1) is 17.5 Å². The maximum absolute atomic E-state index is 12.4. The van der Waals surface area contributed by atoms with Gasteiger partial charge in [0.1, 0.15) is 0 Å². The number of aromatic nitrogens is 3. The van der Waals surface area contributed by atoms with Gasteiger partial charge in [0, 0.05) is 30.5 Å². The number of nitrogens with one attached hydrogen (secondary N) is 3. The average molecular weight is 271 g/mol. The van der Waals surface area contributed by atoms with Crippen LogP contribution in [-0.4, -0.2) is 40.2 Å². The lowest BCUT2D eigenvalue weighted by atomic mass is 10.1. The molecule has 20 heavy (non-hydrogen) atoms. The maximum Gasteiger partial charge on any atom is 0.255 e. The quantitative estimate of drug-likeness (QED) is 0.776. The van der Waals surface area contributed by atoms with E-state index in [2.05, 4.69) is 25.8 Å². The van der Waals surface area contributed by atoms with Crippen LogP contribution < -0.4 is 10.6 Å². The van der Waals surface area contributed by atoms with E-state index in [-0.39, 0.29) is 11.9 Å². The van der Waals surface area contributed by atoms with E-state index in [1.165, 1.54) is 0 Å². The van der Waals surface area contributed by atoms with Crippen molar-refractivity contribution in [2.75, 3.05) is 13.1 Å². The largest absolute Gasteiger partial charge is 0.348 e. The van der Waals surface area contributed by atoms with Crippen LogP contribution in [-0.2, 0) is 0 Å². The third kappa shape index (κ3) is 2.70.